The molecule has 0 nitrogen and oxygen atoms in total. The van der Waals surface area contributed by atoms with Crippen LogP contribution in [0.25, 0.3) is 0 Å². The standard InChI is InChI=1S/C10H14Cl2/c1-2-3-7-10(12)8-5-4-6-9(10)11/h4-6,8-9H,2-3,7H2,1H3. The fourth-order valence-corrected chi connectivity index (χ4v) is 1.84. The van der Waals surface area contributed by atoms with E-state index in [4.69, 9.17) is 23.2 Å². The highest BCUT2D eigenvalue weighted by molar-refractivity contribution is 6.34. The van der Waals surface area contributed by atoms with E-state index in [9.17, 15) is 0 Å². The quantitative estimate of drug-likeness (QED) is 0.613. The molecule has 0 aromatic heterocycles. The number of hydrogen-bond acceptors (Lipinski definition) is 0. The Morgan fingerprint density at radius 2 is 2.17 bits per heavy atom. The Morgan fingerprint density at radius 1 is 1.42 bits per heavy atom. The van der Waals surface area contributed by atoms with Crippen LogP contribution >= 0.6 is 23.2 Å². The number of hydrogen-bond donors (Lipinski definition) is 0. The fourth-order valence-electron chi connectivity index (χ4n) is 1.30. The van der Waals surface area contributed by atoms with E-state index in [-0.39, 0.29) is 10.3 Å². The van der Waals surface area contributed by atoms with Crippen LogP contribution in [0.1, 0.15) is 26.2 Å². The summed E-state index contributed by atoms with van der Waals surface area (Å²) in [5, 5.41) is -0.0595. The van der Waals surface area contributed by atoms with Crippen molar-refractivity contribution in [3.05, 3.63) is 24.3 Å². The minimum Gasteiger partial charge on any atom is -0.116 e. The molecular formula is C10H14Cl2. The summed E-state index contributed by atoms with van der Waals surface area (Å²) >= 11 is 12.4. The Bertz CT molecular complexity index is 196. The van der Waals surface area contributed by atoms with Crippen LogP contribution in [0.4, 0.5) is 0 Å². The molecule has 0 saturated carbocycles. The van der Waals surface area contributed by atoms with E-state index in [0.717, 1.165) is 19.3 Å². The van der Waals surface area contributed by atoms with Crippen LogP contribution in [0.2, 0.25) is 0 Å². The molecule has 0 heterocycles. The number of rotatable bonds is 3. The predicted molar refractivity (Wildman–Crippen MR) is 56.0 cm³/mol. The van der Waals surface area contributed by atoms with Crippen molar-refractivity contribution < 1.29 is 0 Å². The Morgan fingerprint density at radius 3 is 2.75 bits per heavy atom. The van der Waals surface area contributed by atoms with Gasteiger partial charge in [-0.1, -0.05) is 44.1 Å². The summed E-state index contributed by atoms with van der Waals surface area (Å²) in [6, 6.07) is 0. The maximum absolute atomic E-state index is 6.33. The molecule has 1 aliphatic carbocycles. The van der Waals surface area contributed by atoms with Crippen molar-refractivity contribution in [2.24, 2.45) is 0 Å². The van der Waals surface area contributed by atoms with Crippen LogP contribution in [-0.2, 0) is 0 Å². The predicted octanol–water partition coefficient (Wildman–Crippen LogP) is 3.89. The second-order valence-electron chi connectivity index (χ2n) is 3.18. The van der Waals surface area contributed by atoms with Gasteiger partial charge in [-0.15, -0.1) is 23.2 Å². The Hall–Kier alpha value is 0.0600. The molecule has 0 spiro atoms. The first-order chi connectivity index (χ1) is 5.69. The Balaban J connectivity index is 2.57. The Kier molecular flexibility index (Phi) is 3.67. The molecule has 0 aromatic rings. The third-order valence-electron chi connectivity index (χ3n) is 2.14. The number of unbranched alkanes of at least 4 members (excludes halogenated alkanes) is 1. The molecule has 0 fully saturated rings. The number of halogens is 2. The molecule has 0 bridgehead atoms. The summed E-state index contributed by atoms with van der Waals surface area (Å²) in [6.45, 7) is 2.16. The van der Waals surface area contributed by atoms with Crippen molar-refractivity contribution >= 4 is 23.2 Å². The van der Waals surface area contributed by atoms with E-state index in [2.05, 4.69) is 6.92 Å². The van der Waals surface area contributed by atoms with Gasteiger partial charge in [0.2, 0.25) is 0 Å². The molecule has 0 amide bonds. The van der Waals surface area contributed by atoms with Crippen molar-refractivity contribution in [3.8, 4) is 0 Å². The van der Waals surface area contributed by atoms with E-state index in [1.807, 2.05) is 24.3 Å². The molecule has 0 radical (unpaired) electrons. The van der Waals surface area contributed by atoms with E-state index in [0.29, 0.717) is 0 Å². The molecule has 0 aliphatic heterocycles. The minimum atomic E-state index is -0.341. The average molecular weight is 205 g/mol. The zero-order valence-corrected chi connectivity index (χ0v) is 8.78. The molecule has 1 rings (SSSR count). The highest BCUT2D eigenvalue weighted by Gasteiger charge is 2.31. The van der Waals surface area contributed by atoms with Gasteiger partial charge in [0.25, 0.3) is 0 Å². The minimum absolute atomic E-state index is 0.0595. The van der Waals surface area contributed by atoms with Gasteiger partial charge >= 0.3 is 0 Å². The van der Waals surface area contributed by atoms with Crippen LogP contribution < -0.4 is 0 Å². The van der Waals surface area contributed by atoms with Gasteiger partial charge < -0.3 is 0 Å². The first-order valence-electron chi connectivity index (χ1n) is 4.38. The Labute approximate surface area is 84.2 Å². The molecule has 12 heavy (non-hydrogen) atoms. The lowest BCUT2D eigenvalue weighted by molar-refractivity contribution is 0.594. The van der Waals surface area contributed by atoms with Gasteiger partial charge in [-0.25, -0.2) is 0 Å². The first-order valence-corrected chi connectivity index (χ1v) is 5.19. The molecule has 2 unspecified atom stereocenters. The number of allylic oxidation sites excluding steroid dienone is 4. The second kappa shape index (κ2) is 4.34. The molecule has 2 heteroatoms. The maximum Gasteiger partial charge on any atom is 0.0827 e. The third-order valence-corrected chi connectivity index (χ3v) is 3.33. The van der Waals surface area contributed by atoms with Crippen LogP contribution in [0.3, 0.4) is 0 Å². The maximum atomic E-state index is 6.33. The van der Waals surface area contributed by atoms with Crippen LogP contribution in [0, 0.1) is 0 Å². The van der Waals surface area contributed by atoms with Crippen molar-refractivity contribution in [2.75, 3.05) is 0 Å². The van der Waals surface area contributed by atoms with Crippen molar-refractivity contribution in [1.29, 1.82) is 0 Å². The van der Waals surface area contributed by atoms with Gasteiger partial charge in [0.15, 0.2) is 0 Å². The third kappa shape index (κ3) is 2.27. The lowest BCUT2D eigenvalue weighted by Crippen LogP contribution is -2.30. The largest absolute Gasteiger partial charge is 0.116 e. The van der Waals surface area contributed by atoms with Gasteiger partial charge in [-0.2, -0.15) is 0 Å². The molecule has 1 aliphatic rings. The van der Waals surface area contributed by atoms with Crippen molar-refractivity contribution in [1.82, 2.24) is 0 Å². The lowest BCUT2D eigenvalue weighted by atomic mass is 9.93. The van der Waals surface area contributed by atoms with Crippen LogP contribution in [-0.4, -0.2) is 10.3 Å². The van der Waals surface area contributed by atoms with Gasteiger partial charge in [-0.3, -0.25) is 0 Å². The summed E-state index contributed by atoms with van der Waals surface area (Å²) in [5.74, 6) is 0. The zero-order chi connectivity index (χ0) is 9.03. The summed E-state index contributed by atoms with van der Waals surface area (Å²) < 4.78 is 0. The summed E-state index contributed by atoms with van der Waals surface area (Å²) in [4.78, 5) is -0.341. The van der Waals surface area contributed by atoms with Crippen molar-refractivity contribution in [2.45, 2.75) is 36.4 Å². The molecule has 0 aromatic carbocycles. The lowest BCUT2D eigenvalue weighted by Gasteiger charge is -2.28. The molecule has 0 saturated heterocycles. The van der Waals surface area contributed by atoms with Crippen LogP contribution in [0.15, 0.2) is 24.3 Å². The molecule has 0 N–H and O–H groups in total. The van der Waals surface area contributed by atoms with Gasteiger partial charge in [0.1, 0.15) is 0 Å². The molecule has 2 atom stereocenters. The summed E-state index contributed by atoms with van der Waals surface area (Å²) in [7, 11) is 0. The van der Waals surface area contributed by atoms with Gasteiger partial charge in [0.05, 0.1) is 10.3 Å². The average Bonchev–Trinajstić information content (AvgIpc) is 2.07. The van der Waals surface area contributed by atoms with Crippen LogP contribution in [0.5, 0.6) is 0 Å². The normalized spacial score (nSPS) is 34.1. The zero-order valence-electron chi connectivity index (χ0n) is 7.26. The first kappa shape index (κ1) is 10.1. The number of alkyl halides is 2. The van der Waals surface area contributed by atoms with E-state index in [1.54, 1.807) is 0 Å². The highest BCUT2D eigenvalue weighted by atomic mass is 35.5. The second-order valence-corrected chi connectivity index (χ2v) is 4.35. The summed E-state index contributed by atoms with van der Waals surface area (Å²) in [5.41, 5.74) is 0. The fraction of sp³-hybridized carbons (Fsp3) is 0.600. The monoisotopic (exact) mass is 204 g/mol. The SMILES string of the molecule is CCCCC1(Cl)C=CC=CC1Cl. The smallest absolute Gasteiger partial charge is 0.0827 e. The van der Waals surface area contributed by atoms with E-state index < -0.39 is 0 Å². The van der Waals surface area contributed by atoms with Crippen molar-refractivity contribution in [3.63, 3.8) is 0 Å². The highest BCUT2D eigenvalue weighted by Crippen LogP contribution is 2.34. The van der Waals surface area contributed by atoms with E-state index >= 15 is 0 Å². The van der Waals surface area contributed by atoms with Gasteiger partial charge in [0, 0.05) is 0 Å². The summed E-state index contributed by atoms with van der Waals surface area (Å²) in [6.07, 6.45) is 11.1. The van der Waals surface area contributed by atoms with E-state index in [1.165, 1.54) is 0 Å². The van der Waals surface area contributed by atoms with Gasteiger partial charge in [-0.05, 0) is 6.42 Å². The molecule has 68 valence electrons. The topological polar surface area (TPSA) is 0 Å². The molecular weight excluding hydrogens is 191 g/mol.